The first-order valence-electron chi connectivity index (χ1n) is 5.66. The Morgan fingerprint density at radius 2 is 2.18 bits per heavy atom. The second kappa shape index (κ2) is 6.07. The number of halogens is 1. The van der Waals surface area contributed by atoms with Gasteiger partial charge in [-0.15, -0.1) is 0 Å². The molecule has 1 aromatic rings. The molecule has 1 rings (SSSR count). The van der Waals surface area contributed by atoms with E-state index in [1.165, 1.54) is 0 Å². The number of aromatic nitrogens is 1. The van der Waals surface area contributed by atoms with E-state index in [2.05, 4.69) is 25.6 Å². The highest BCUT2D eigenvalue weighted by Gasteiger charge is 2.25. The van der Waals surface area contributed by atoms with E-state index >= 15 is 0 Å². The average molecular weight is 319 g/mol. The molecule has 0 fully saturated rings. The first kappa shape index (κ1) is 14.8. The van der Waals surface area contributed by atoms with Gasteiger partial charge in [0.05, 0.1) is 27.5 Å². The maximum atomic E-state index is 12.1. The molecule has 2 atom stereocenters. The minimum Gasteiger partial charge on any atom is -0.258 e. The monoisotopic (exact) mass is 318 g/mol. The standard InChI is InChI=1S/C12H19BrN2OS/c1-5-12(3,4)17(16)15-9(2)11-7-6-10(13)8-14-11/h6-9,15H,5H2,1-4H3/t9?,17-/m0/s1. The summed E-state index contributed by atoms with van der Waals surface area (Å²) in [5.74, 6) is 0. The summed E-state index contributed by atoms with van der Waals surface area (Å²) in [6.45, 7) is 8.01. The van der Waals surface area contributed by atoms with Crippen LogP contribution in [0.5, 0.6) is 0 Å². The molecule has 0 saturated carbocycles. The van der Waals surface area contributed by atoms with Crippen LogP contribution in [-0.2, 0) is 11.0 Å². The molecular weight excluding hydrogens is 300 g/mol. The van der Waals surface area contributed by atoms with Gasteiger partial charge in [0.25, 0.3) is 0 Å². The molecule has 0 aliphatic carbocycles. The highest BCUT2D eigenvalue weighted by Crippen LogP contribution is 2.19. The van der Waals surface area contributed by atoms with Crippen molar-refractivity contribution in [3.05, 3.63) is 28.5 Å². The highest BCUT2D eigenvalue weighted by molar-refractivity contribution is 9.10. The summed E-state index contributed by atoms with van der Waals surface area (Å²) in [6.07, 6.45) is 2.62. The van der Waals surface area contributed by atoms with Gasteiger partial charge in [-0.2, -0.15) is 0 Å². The SMILES string of the molecule is CCC(C)(C)[S@](=O)NC(C)c1ccc(Br)cn1. The Hall–Kier alpha value is -0.260. The number of nitrogens with zero attached hydrogens (tertiary/aromatic N) is 1. The van der Waals surface area contributed by atoms with Crippen LogP contribution in [0.4, 0.5) is 0 Å². The van der Waals surface area contributed by atoms with Crippen molar-refractivity contribution in [1.82, 2.24) is 9.71 Å². The lowest BCUT2D eigenvalue weighted by molar-refractivity contribution is 0.584. The summed E-state index contributed by atoms with van der Waals surface area (Å²) in [6, 6.07) is 3.85. The molecule has 0 amide bonds. The number of rotatable bonds is 5. The minimum absolute atomic E-state index is 0.0187. The summed E-state index contributed by atoms with van der Waals surface area (Å²) in [5.41, 5.74) is 0.897. The van der Waals surface area contributed by atoms with Gasteiger partial charge in [-0.1, -0.05) is 6.92 Å². The second-order valence-corrected chi connectivity index (χ2v) is 7.42. The maximum Gasteiger partial charge on any atom is 0.0979 e. The van der Waals surface area contributed by atoms with Gasteiger partial charge in [0.1, 0.15) is 0 Å². The lowest BCUT2D eigenvalue weighted by Crippen LogP contribution is -2.37. The summed E-state index contributed by atoms with van der Waals surface area (Å²) >= 11 is 3.35. The Morgan fingerprint density at radius 1 is 1.53 bits per heavy atom. The zero-order valence-electron chi connectivity index (χ0n) is 10.7. The van der Waals surface area contributed by atoms with E-state index < -0.39 is 11.0 Å². The zero-order valence-corrected chi connectivity index (χ0v) is 13.1. The minimum atomic E-state index is -1.07. The topological polar surface area (TPSA) is 42.0 Å². The molecular formula is C12H19BrN2OS. The smallest absolute Gasteiger partial charge is 0.0979 e. The fourth-order valence-electron chi connectivity index (χ4n) is 1.15. The molecule has 0 saturated heterocycles. The van der Waals surface area contributed by atoms with Crippen molar-refractivity contribution in [1.29, 1.82) is 0 Å². The van der Waals surface area contributed by atoms with Crippen molar-refractivity contribution in [3.63, 3.8) is 0 Å². The van der Waals surface area contributed by atoms with Gasteiger partial charge < -0.3 is 0 Å². The van der Waals surface area contributed by atoms with E-state index in [9.17, 15) is 4.21 Å². The number of hydrogen-bond acceptors (Lipinski definition) is 2. The number of nitrogens with one attached hydrogen (secondary N) is 1. The van der Waals surface area contributed by atoms with Crippen LogP contribution in [0.3, 0.4) is 0 Å². The lowest BCUT2D eigenvalue weighted by Gasteiger charge is -2.24. The molecule has 0 bridgehead atoms. The Bertz CT molecular complexity index is 392. The van der Waals surface area contributed by atoms with E-state index in [0.29, 0.717) is 0 Å². The van der Waals surface area contributed by atoms with E-state index in [1.807, 2.05) is 39.8 Å². The van der Waals surface area contributed by atoms with Gasteiger partial charge in [0.15, 0.2) is 0 Å². The van der Waals surface area contributed by atoms with Crippen molar-refractivity contribution in [3.8, 4) is 0 Å². The predicted octanol–water partition coefficient (Wildman–Crippen LogP) is 3.35. The van der Waals surface area contributed by atoms with Crippen LogP contribution in [0.2, 0.25) is 0 Å². The molecule has 0 aliphatic heterocycles. The largest absolute Gasteiger partial charge is 0.258 e. The third kappa shape index (κ3) is 4.16. The van der Waals surface area contributed by atoms with Gasteiger partial charge in [-0.25, -0.2) is 8.93 Å². The van der Waals surface area contributed by atoms with Gasteiger partial charge >= 0.3 is 0 Å². The summed E-state index contributed by atoms with van der Waals surface area (Å²) < 4.78 is 15.9. The third-order valence-electron chi connectivity index (χ3n) is 2.83. The highest BCUT2D eigenvalue weighted by atomic mass is 79.9. The molecule has 3 nitrogen and oxygen atoms in total. The molecule has 17 heavy (non-hydrogen) atoms. The second-order valence-electron chi connectivity index (χ2n) is 4.62. The van der Waals surface area contributed by atoms with Gasteiger partial charge in [-0.3, -0.25) is 4.98 Å². The zero-order chi connectivity index (χ0) is 13.1. The number of pyridine rings is 1. The van der Waals surface area contributed by atoms with E-state index in [4.69, 9.17) is 0 Å². The van der Waals surface area contributed by atoms with Crippen LogP contribution in [-0.4, -0.2) is 13.9 Å². The number of hydrogen-bond donors (Lipinski definition) is 1. The normalized spacial score (nSPS) is 15.6. The molecule has 0 spiro atoms. The molecule has 0 aromatic carbocycles. The van der Waals surface area contributed by atoms with Crippen LogP contribution >= 0.6 is 15.9 Å². The fraction of sp³-hybridized carbons (Fsp3) is 0.583. The average Bonchev–Trinajstić information content (AvgIpc) is 2.29. The molecule has 1 unspecified atom stereocenters. The van der Waals surface area contributed by atoms with Crippen molar-refractivity contribution in [2.75, 3.05) is 0 Å². The molecule has 1 aromatic heterocycles. The Labute approximate surface area is 114 Å². The molecule has 0 aliphatic rings. The summed E-state index contributed by atoms with van der Waals surface area (Å²) in [5, 5.41) is 0. The molecule has 1 heterocycles. The van der Waals surface area contributed by atoms with E-state index in [-0.39, 0.29) is 10.8 Å². The van der Waals surface area contributed by atoms with Crippen LogP contribution in [0.1, 0.15) is 45.9 Å². The van der Waals surface area contributed by atoms with Crippen molar-refractivity contribution < 1.29 is 4.21 Å². The van der Waals surface area contributed by atoms with Gasteiger partial charge in [0.2, 0.25) is 0 Å². The Kier molecular flexibility index (Phi) is 5.28. The summed E-state index contributed by atoms with van der Waals surface area (Å²) in [7, 11) is -1.07. The van der Waals surface area contributed by atoms with E-state index in [1.54, 1.807) is 6.20 Å². The quantitative estimate of drug-likeness (QED) is 0.904. The molecule has 1 N–H and O–H groups in total. The Balaban J connectivity index is 2.70. The van der Waals surface area contributed by atoms with Crippen LogP contribution in [0.15, 0.2) is 22.8 Å². The van der Waals surface area contributed by atoms with E-state index in [0.717, 1.165) is 16.6 Å². The van der Waals surface area contributed by atoms with Crippen molar-refractivity contribution in [2.45, 2.75) is 44.9 Å². The predicted molar refractivity (Wildman–Crippen MR) is 76.0 cm³/mol. The van der Waals surface area contributed by atoms with Crippen LogP contribution in [0, 0.1) is 0 Å². The van der Waals surface area contributed by atoms with Gasteiger partial charge in [-0.05, 0) is 55.3 Å². The van der Waals surface area contributed by atoms with Crippen LogP contribution < -0.4 is 4.72 Å². The fourth-order valence-corrected chi connectivity index (χ4v) is 2.41. The van der Waals surface area contributed by atoms with Crippen LogP contribution in [0.25, 0.3) is 0 Å². The molecule has 5 heteroatoms. The van der Waals surface area contributed by atoms with Crippen molar-refractivity contribution in [2.24, 2.45) is 0 Å². The first-order valence-corrected chi connectivity index (χ1v) is 7.60. The molecule has 96 valence electrons. The van der Waals surface area contributed by atoms with Gasteiger partial charge in [0, 0.05) is 10.7 Å². The first-order chi connectivity index (χ1) is 7.86. The lowest BCUT2D eigenvalue weighted by atomic mass is 10.1. The maximum absolute atomic E-state index is 12.1. The summed E-state index contributed by atoms with van der Waals surface area (Å²) in [4.78, 5) is 4.30. The third-order valence-corrected chi connectivity index (χ3v) is 5.16. The van der Waals surface area contributed by atoms with Crippen molar-refractivity contribution >= 4 is 26.9 Å². The molecule has 0 radical (unpaired) electrons. The Morgan fingerprint density at radius 3 is 2.65 bits per heavy atom.